The van der Waals surface area contributed by atoms with Crippen LogP contribution in [0, 0.1) is 0 Å². The molecule has 0 fully saturated rings. The molecule has 1 nitrogen and oxygen atoms in total. The molecule has 0 amide bonds. The van der Waals surface area contributed by atoms with Gasteiger partial charge in [-0.1, -0.05) is 20.8 Å². The molecule has 8 aromatic rings. The summed E-state index contributed by atoms with van der Waals surface area (Å²) in [5.74, 6) is 0. The number of nitrogens with zero attached hydrogens (tertiary/aromatic N) is 1. The molecule has 2 heteroatoms. The van der Waals surface area contributed by atoms with E-state index in [9.17, 15) is 0 Å². The summed E-state index contributed by atoms with van der Waals surface area (Å²) in [5, 5.41) is 0. The first-order chi connectivity index (χ1) is 27.7. The van der Waals surface area contributed by atoms with E-state index in [2.05, 4.69) is 222 Å². The van der Waals surface area contributed by atoms with E-state index < -0.39 is 13.3 Å². The standard InChI is InChI=1S/C55H45GeN/c1-54(2,3)38-26-22-36(23-27-38)37-24-28-39(29-25-37)57(40-31-33-49-47(34-40)42-14-6-10-18-48(42)55(49,4)5)41-30-32-46-45-17-9-13-21-52(45)56(53(46)35-41)50-19-11-7-15-43(50)44-16-8-12-20-51(44)56/h6-35H,1-5H3. The normalized spacial score (nSPS) is 14.7. The van der Waals surface area contributed by atoms with Gasteiger partial charge < -0.3 is 0 Å². The molecule has 0 saturated heterocycles. The number of hydrogen-bond donors (Lipinski definition) is 0. The Morgan fingerprint density at radius 3 is 1.40 bits per heavy atom. The first kappa shape index (κ1) is 34.4. The third kappa shape index (κ3) is 4.88. The second-order valence-electron chi connectivity index (χ2n) is 17.7. The van der Waals surface area contributed by atoms with E-state index >= 15 is 0 Å². The number of anilines is 3. The van der Waals surface area contributed by atoms with Crippen LogP contribution in [0.1, 0.15) is 51.3 Å². The van der Waals surface area contributed by atoms with Gasteiger partial charge in [-0.2, -0.15) is 0 Å². The number of fused-ring (bicyclic) bond motifs is 13. The molecule has 1 aliphatic carbocycles. The Hall–Kier alpha value is -5.90. The topological polar surface area (TPSA) is 3.24 Å². The number of rotatable bonds is 4. The van der Waals surface area contributed by atoms with Crippen molar-refractivity contribution in [2.75, 3.05) is 4.90 Å². The van der Waals surface area contributed by atoms with Crippen LogP contribution in [0.3, 0.4) is 0 Å². The van der Waals surface area contributed by atoms with Crippen molar-refractivity contribution >= 4 is 47.9 Å². The van der Waals surface area contributed by atoms with Gasteiger partial charge in [0.05, 0.1) is 0 Å². The van der Waals surface area contributed by atoms with Gasteiger partial charge in [-0.25, -0.2) is 0 Å². The molecule has 0 aromatic heterocycles. The molecule has 1 spiro atoms. The van der Waals surface area contributed by atoms with Crippen molar-refractivity contribution in [2.24, 2.45) is 0 Å². The molecule has 3 aliphatic rings. The predicted molar refractivity (Wildman–Crippen MR) is 244 cm³/mol. The minimum absolute atomic E-state index is 0.0536. The molecular weight excluding hydrogens is 747 g/mol. The van der Waals surface area contributed by atoms with Crippen LogP contribution in [0.15, 0.2) is 182 Å². The monoisotopic (exact) mass is 793 g/mol. The molecule has 0 atom stereocenters. The summed E-state index contributed by atoms with van der Waals surface area (Å²) in [6, 6.07) is 69.7. The Bertz CT molecular complexity index is 2840. The van der Waals surface area contributed by atoms with Crippen molar-refractivity contribution < 1.29 is 0 Å². The van der Waals surface area contributed by atoms with Gasteiger partial charge in [0.25, 0.3) is 0 Å². The van der Waals surface area contributed by atoms with Crippen molar-refractivity contribution in [1.82, 2.24) is 0 Å². The fourth-order valence-corrected chi connectivity index (χ4v) is 22.3. The second-order valence-corrected chi connectivity index (χ2v) is 25.4. The fourth-order valence-electron chi connectivity index (χ4n) is 10.5. The maximum absolute atomic E-state index is 3.38. The predicted octanol–water partition coefficient (Wildman–Crippen LogP) is 11.8. The summed E-state index contributed by atoms with van der Waals surface area (Å²) >= 11 is -3.38. The molecule has 0 radical (unpaired) electrons. The third-order valence-electron chi connectivity index (χ3n) is 13.3. The van der Waals surface area contributed by atoms with Crippen LogP contribution in [0.5, 0.6) is 0 Å². The van der Waals surface area contributed by atoms with Crippen LogP contribution < -0.4 is 22.5 Å². The van der Waals surface area contributed by atoms with Crippen LogP contribution in [0.4, 0.5) is 17.1 Å². The van der Waals surface area contributed by atoms with E-state index in [-0.39, 0.29) is 10.8 Å². The Labute approximate surface area is 339 Å². The summed E-state index contributed by atoms with van der Waals surface area (Å²) in [5.41, 5.74) is 18.5. The molecule has 0 saturated carbocycles. The summed E-state index contributed by atoms with van der Waals surface area (Å²) in [7, 11) is 0. The van der Waals surface area contributed by atoms with Gasteiger partial charge in [-0.3, -0.25) is 0 Å². The Morgan fingerprint density at radius 2 is 0.825 bits per heavy atom. The summed E-state index contributed by atoms with van der Waals surface area (Å²) in [6.07, 6.45) is 0. The van der Waals surface area contributed by atoms with Gasteiger partial charge in [0.1, 0.15) is 0 Å². The van der Waals surface area contributed by atoms with Gasteiger partial charge in [0, 0.05) is 0 Å². The molecule has 57 heavy (non-hydrogen) atoms. The Kier molecular flexibility index (Phi) is 7.41. The molecule has 2 aliphatic heterocycles. The zero-order chi connectivity index (χ0) is 38.7. The van der Waals surface area contributed by atoms with E-state index in [1.807, 2.05) is 0 Å². The minimum atomic E-state index is -3.38. The molecule has 2 heterocycles. The van der Waals surface area contributed by atoms with Crippen LogP contribution in [-0.4, -0.2) is 13.3 Å². The maximum atomic E-state index is 2.58. The van der Waals surface area contributed by atoms with Crippen molar-refractivity contribution in [3.63, 3.8) is 0 Å². The van der Waals surface area contributed by atoms with Gasteiger partial charge in [-0.15, -0.1) is 0 Å². The third-order valence-corrected chi connectivity index (χ3v) is 23.7. The molecule has 8 aromatic carbocycles. The Balaban J connectivity index is 1.12. The molecule has 0 N–H and O–H groups in total. The molecule has 0 unspecified atom stereocenters. The van der Waals surface area contributed by atoms with Crippen LogP contribution in [0.25, 0.3) is 44.5 Å². The van der Waals surface area contributed by atoms with E-state index in [1.54, 1.807) is 13.2 Å². The molecule has 0 bridgehead atoms. The zero-order valence-electron chi connectivity index (χ0n) is 33.3. The van der Waals surface area contributed by atoms with Crippen LogP contribution in [0.2, 0.25) is 0 Å². The van der Waals surface area contributed by atoms with E-state index in [0.29, 0.717) is 0 Å². The van der Waals surface area contributed by atoms with Gasteiger partial charge in [0.2, 0.25) is 0 Å². The van der Waals surface area contributed by atoms with Crippen molar-refractivity contribution in [1.29, 1.82) is 0 Å². The first-order valence-corrected chi connectivity index (χ1v) is 24.5. The fraction of sp³-hybridized carbons (Fsp3) is 0.127. The summed E-state index contributed by atoms with van der Waals surface area (Å²) < 4.78 is 6.17. The SMILES string of the molecule is CC(C)(C)c1ccc(-c2ccc(N(c3ccc4c(c3)-c3ccccc3C4(C)C)c3ccc4[c](c3)[Ge]3([c]5ccccc5-c5cccc[c]53)[c]3ccccc3-4)cc2)cc1. The van der Waals surface area contributed by atoms with E-state index in [4.69, 9.17) is 0 Å². The van der Waals surface area contributed by atoms with Gasteiger partial charge in [0.15, 0.2) is 0 Å². The van der Waals surface area contributed by atoms with Crippen molar-refractivity contribution in [3.8, 4) is 44.5 Å². The molecular formula is C55H45GeN. The average molecular weight is 793 g/mol. The van der Waals surface area contributed by atoms with E-state index in [1.165, 1.54) is 77.0 Å². The van der Waals surface area contributed by atoms with Crippen molar-refractivity contribution in [2.45, 2.75) is 45.4 Å². The van der Waals surface area contributed by atoms with Crippen molar-refractivity contribution in [3.05, 3.63) is 199 Å². The number of benzene rings is 8. The molecule has 274 valence electrons. The van der Waals surface area contributed by atoms with Gasteiger partial charge >= 0.3 is 315 Å². The summed E-state index contributed by atoms with van der Waals surface area (Å²) in [6.45, 7) is 11.6. The number of hydrogen-bond acceptors (Lipinski definition) is 1. The van der Waals surface area contributed by atoms with E-state index in [0.717, 1.165) is 5.69 Å². The quantitative estimate of drug-likeness (QED) is 0.161. The molecule has 11 rings (SSSR count). The second kappa shape index (κ2) is 12.3. The zero-order valence-corrected chi connectivity index (χ0v) is 35.4. The van der Waals surface area contributed by atoms with Gasteiger partial charge in [-0.05, 0) is 5.41 Å². The average Bonchev–Trinajstić information content (AvgIpc) is 3.79. The summed E-state index contributed by atoms with van der Waals surface area (Å²) in [4.78, 5) is 2.51. The van der Waals surface area contributed by atoms with Crippen LogP contribution >= 0.6 is 0 Å². The Morgan fingerprint density at radius 1 is 0.386 bits per heavy atom. The first-order valence-electron chi connectivity index (χ1n) is 20.3. The van der Waals surface area contributed by atoms with Crippen LogP contribution in [-0.2, 0) is 10.8 Å².